The second kappa shape index (κ2) is 4.72. The van der Waals surface area contributed by atoms with E-state index < -0.39 is 11.5 Å². The molecule has 0 aliphatic carbocycles. The van der Waals surface area contributed by atoms with E-state index in [0.29, 0.717) is 31.4 Å². The number of carbonyl (C=O) groups is 2. The van der Waals surface area contributed by atoms with Gasteiger partial charge in [0, 0.05) is 18.9 Å². The van der Waals surface area contributed by atoms with E-state index in [9.17, 15) is 14.7 Å². The normalized spacial score (nSPS) is 23.1. The fourth-order valence-corrected chi connectivity index (χ4v) is 2.48. The summed E-state index contributed by atoms with van der Waals surface area (Å²) in [7, 11) is 0. The third-order valence-corrected chi connectivity index (χ3v) is 3.52. The molecule has 1 aliphatic heterocycles. The van der Waals surface area contributed by atoms with Crippen LogP contribution in [-0.2, 0) is 4.79 Å². The molecule has 0 spiro atoms. The van der Waals surface area contributed by atoms with Crippen LogP contribution in [0.25, 0.3) is 0 Å². The Kier molecular flexibility index (Phi) is 3.27. The second-order valence-corrected chi connectivity index (χ2v) is 4.38. The second-order valence-electron chi connectivity index (χ2n) is 4.38. The minimum atomic E-state index is -1.08. The Morgan fingerprint density at radius 3 is 2.67 bits per heavy atom. The number of hydrogen-bond acceptors (Lipinski definition) is 4. The van der Waals surface area contributed by atoms with Crippen molar-refractivity contribution < 1.29 is 14.7 Å². The molecule has 1 aromatic rings. The van der Waals surface area contributed by atoms with E-state index in [1.165, 1.54) is 23.6 Å². The first kappa shape index (κ1) is 12.5. The van der Waals surface area contributed by atoms with Crippen LogP contribution in [0.3, 0.4) is 0 Å². The van der Waals surface area contributed by atoms with Gasteiger partial charge in [0.05, 0.1) is 5.56 Å². The number of nitrogens with zero attached hydrogens (tertiary/aromatic N) is 3. The summed E-state index contributed by atoms with van der Waals surface area (Å²) in [4.78, 5) is 32.8. The van der Waals surface area contributed by atoms with Gasteiger partial charge < -0.3 is 10.0 Å². The third-order valence-electron chi connectivity index (χ3n) is 3.52. The molecule has 1 atom stereocenters. The fourth-order valence-electron chi connectivity index (χ4n) is 2.48. The highest BCUT2D eigenvalue weighted by molar-refractivity contribution is 5.97. The minimum Gasteiger partial charge on any atom is -0.479 e. The number of carbonyl (C=O) groups excluding carboxylic acids is 1. The summed E-state index contributed by atoms with van der Waals surface area (Å²) in [6.07, 6.45) is 5.77. The zero-order chi connectivity index (χ0) is 13.2. The van der Waals surface area contributed by atoms with Crippen LogP contribution in [-0.4, -0.2) is 43.9 Å². The molecular formula is C12H15N3O3. The lowest BCUT2D eigenvalue weighted by Gasteiger charge is -2.33. The maximum atomic E-state index is 12.3. The van der Waals surface area contributed by atoms with Gasteiger partial charge in [-0.25, -0.2) is 14.8 Å². The Labute approximate surface area is 105 Å². The van der Waals surface area contributed by atoms with Crippen molar-refractivity contribution in [2.75, 3.05) is 6.54 Å². The zero-order valence-corrected chi connectivity index (χ0v) is 10.2. The summed E-state index contributed by atoms with van der Waals surface area (Å²) in [6, 6.07) is 0. The van der Waals surface area contributed by atoms with Crippen molar-refractivity contribution in [3.63, 3.8) is 0 Å². The maximum Gasteiger partial charge on any atom is 0.329 e. The molecule has 1 fully saturated rings. The molecule has 2 rings (SSSR count). The maximum absolute atomic E-state index is 12.3. The number of hydrogen-bond donors (Lipinski definition) is 1. The van der Waals surface area contributed by atoms with Crippen LogP contribution in [0, 0.1) is 0 Å². The van der Waals surface area contributed by atoms with Crippen molar-refractivity contribution >= 4 is 11.9 Å². The van der Waals surface area contributed by atoms with Gasteiger partial charge in [0.2, 0.25) is 0 Å². The standard InChI is InChI=1S/C12H15N3O3/c1-2-12(11(17)18)4-3-5-15(12)10(16)9-6-13-8-14-7-9/h6-8H,2-5H2,1H3,(H,17,18). The molecule has 1 saturated heterocycles. The van der Waals surface area contributed by atoms with E-state index in [-0.39, 0.29) is 5.91 Å². The van der Waals surface area contributed by atoms with E-state index in [4.69, 9.17) is 0 Å². The van der Waals surface area contributed by atoms with Gasteiger partial charge in [-0.15, -0.1) is 0 Å². The predicted molar refractivity (Wildman–Crippen MR) is 63.0 cm³/mol. The first-order chi connectivity index (χ1) is 8.62. The Bertz CT molecular complexity index is 463. The molecule has 1 aromatic heterocycles. The van der Waals surface area contributed by atoms with Gasteiger partial charge in [0.1, 0.15) is 11.9 Å². The number of aromatic nitrogens is 2. The van der Waals surface area contributed by atoms with Crippen LogP contribution in [0.4, 0.5) is 0 Å². The number of rotatable bonds is 3. The molecule has 0 bridgehead atoms. The number of aliphatic carboxylic acids is 1. The van der Waals surface area contributed by atoms with Gasteiger partial charge in [0.15, 0.2) is 0 Å². The van der Waals surface area contributed by atoms with Gasteiger partial charge in [0.25, 0.3) is 5.91 Å². The Balaban J connectivity index is 2.33. The molecule has 1 aliphatic rings. The average Bonchev–Trinajstić information content (AvgIpc) is 2.84. The summed E-state index contributed by atoms with van der Waals surface area (Å²) in [6.45, 7) is 2.26. The topological polar surface area (TPSA) is 83.4 Å². The van der Waals surface area contributed by atoms with Crippen molar-refractivity contribution in [3.05, 3.63) is 24.3 Å². The van der Waals surface area contributed by atoms with E-state index in [1.54, 1.807) is 6.92 Å². The van der Waals surface area contributed by atoms with E-state index in [0.717, 1.165) is 0 Å². The van der Waals surface area contributed by atoms with Crippen molar-refractivity contribution in [3.8, 4) is 0 Å². The first-order valence-electron chi connectivity index (χ1n) is 5.92. The summed E-state index contributed by atoms with van der Waals surface area (Å²) in [5.74, 6) is -1.25. The largest absolute Gasteiger partial charge is 0.479 e. The lowest BCUT2D eigenvalue weighted by atomic mass is 9.92. The lowest BCUT2D eigenvalue weighted by molar-refractivity contribution is -0.148. The number of likely N-dealkylation sites (tertiary alicyclic amines) is 1. The van der Waals surface area contributed by atoms with Gasteiger partial charge in [-0.1, -0.05) is 6.92 Å². The van der Waals surface area contributed by atoms with Crippen molar-refractivity contribution in [2.24, 2.45) is 0 Å². The zero-order valence-electron chi connectivity index (χ0n) is 10.2. The highest BCUT2D eigenvalue weighted by atomic mass is 16.4. The molecule has 0 saturated carbocycles. The minimum absolute atomic E-state index is 0.308. The summed E-state index contributed by atoms with van der Waals surface area (Å²) in [5, 5.41) is 9.40. The van der Waals surface area contributed by atoms with Gasteiger partial charge in [-0.2, -0.15) is 0 Å². The Morgan fingerprint density at radius 2 is 2.11 bits per heavy atom. The summed E-state index contributed by atoms with van der Waals surface area (Å²) < 4.78 is 0. The van der Waals surface area contributed by atoms with Gasteiger partial charge in [-0.05, 0) is 19.3 Å². The average molecular weight is 249 g/mol. The smallest absolute Gasteiger partial charge is 0.329 e. The molecule has 1 unspecified atom stereocenters. The van der Waals surface area contributed by atoms with Crippen molar-refractivity contribution in [2.45, 2.75) is 31.7 Å². The van der Waals surface area contributed by atoms with Crippen LogP contribution >= 0.6 is 0 Å². The van der Waals surface area contributed by atoms with E-state index in [2.05, 4.69) is 9.97 Å². The summed E-state index contributed by atoms with van der Waals surface area (Å²) in [5.41, 5.74) is -0.745. The molecule has 0 radical (unpaired) electrons. The molecule has 6 nitrogen and oxygen atoms in total. The van der Waals surface area contributed by atoms with Crippen LogP contribution < -0.4 is 0 Å². The Morgan fingerprint density at radius 1 is 1.44 bits per heavy atom. The predicted octanol–water partition coefficient (Wildman–Crippen LogP) is 0.946. The third kappa shape index (κ3) is 1.83. The molecule has 0 aromatic carbocycles. The van der Waals surface area contributed by atoms with Crippen LogP contribution in [0.2, 0.25) is 0 Å². The highest BCUT2D eigenvalue weighted by Crippen LogP contribution is 2.33. The molecular weight excluding hydrogens is 234 g/mol. The van der Waals surface area contributed by atoms with Crippen LogP contribution in [0.15, 0.2) is 18.7 Å². The fraction of sp³-hybridized carbons (Fsp3) is 0.500. The molecule has 1 N–H and O–H groups in total. The monoisotopic (exact) mass is 249 g/mol. The first-order valence-corrected chi connectivity index (χ1v) is 5.92. The van der Waals surface area contributed by atoms with Crippen molar-refractivity contribution in [1.82, 2.24) is 14.9 Å². The number of carboxylic acid groups (broad SMARTS) is 1. The lowest BCUT2D eigenvalue weighted by Crippen LogP contribution is -2.52. The molecule has 18 heavy (non-hydrogen) atoms. The Hall–Kier alpha value is -1.98. The van der Waals surface area contributed by atoms with Crippen LogP contribution in [0.1, 0.15) is 36.5 Å². The molecule has 1 amide bonds. The van der Waals surface area contributed by atoms with Gasteiger partial charge >= 0.3 is 5.97 Å². The molecule has 96 valence electrons. The number of carboxylic acids is 1. The highest BCUT2D eigenvalue weighted by Gasteiger charge is 2.48. The van der Waals surface area contributed by atoms with Crippen LogP contribution in [0.5, 0.6) is 0 Å². The quantitative estimate of drug-likeness (QED) is 0.862. The van der Waals surface area contributed by atoms with E-state index >= 15 is 0 Å². The molecule has 2 heterocycles. The SMILES string of the molecule is CCC1(C(=O)O)CCCN1C(=O)c1cncnc1. The molecule has 6 heteroatoms. The number of amides is 1. The van der Waals surface area contributed by atoms with Crippen molar-refractivity contribution in [1.29, 1.82) is 0 Å². The van der Waals surface area contributed by atoms with E-state index in [1.807, 2.05) is 0 Å². The summed E-state index contributed by atoms with van der Waals surface area (Å²) >= 11 is 0. The van der Waals surface area contributed by atoms with Gasteiger partial charge in [-0.3, -0.25) is 4.79 Å².